The minimum Gasteiger partial charge on any atom is -0.477 e. The predicted octanol–water partition coefficient (Wildman–Crippen LogP) is 9.83. The third-order valence-electron chi connectivity index (χ3n) is 10.1. The Morgan fingerprint density at radius 3 is 2.45 bits per heavy atom. The van der Waals surface area contributed by atoms with Gasteiger partial charge in [-0.15, -0.1) is 5.10 Å². The van der Waals surface area contributed by atoms with E-state index in [4.69, 9.17) is 26.1 Å². The highest BCUT2D eigenvalue weighted by Gasteiger charge is 2.62. The van der Waals surface area contributed by atoms with Gasteiger partial charge in [-0.05, 0) is 109 Å². The molecule has 2 fully saturated rings. The van der Waals surface area contributed by atoms with Crippen LogP contribution in [-0.2, 0) is 4.74 Å². The van der Waals surface area contributed by atoms with Crippen molar-refractivity contribution < 1.29 is 32.2 Å². The van der Waals surface area contributed by atoms with Gasteiger partial charge in [-0.1, -0.05) is 48.0 Å². The zero-order chi connectivity index (χ0) is 40.3. The van der Waals surface area contributed by atoms with Crippen LogP contribution in [0, 0.1) is 11.3 Å². The maximum atomic E-state index is 13.2. The molecule has 2 atom stereocenters. The molecule has 1 saturated carbocycles. The molecular weight excluding hydrogens is 767 g/mol. The molecule has 4 aromatic rings. The number of alkyl halides is 3. The highest BCUT2D eigenvalue weighted by atomic mass is 35.5. The van der Waals surface area contributed by atoms with E-state index in [1.54, 1.807) is 18.3 Å². The van der Waals surface area contributed by atoms with Crippen LogP contribution in [0.15, 0.2) is 78.0 Å². The van der Waals surface area contributed by atoms with E-state index in [0.29, 0.717) is 29.1 Å². The van der Waals surface area contributed by atoms with Crippen LogP contribution in [0.2, 0.25) is 5.15 Å². The Hall–Kier alpha value is -4.50. The summed E-state index contributed by atoms with van der Waals surface area (Å²) in [5, 5.41) is 8.31. The lowest BCUT2D eigenvalue weighted by atomic mass is 9.90. The first-order valence-corrected chi connectivity index (χ1v) is 19.8. The molecule has 2 aliphatic rings. The molecule has 16 heteroatoms. The van der Waals surface area contributed by atoms with Gasteiger partial charge in [0.1, 0.15) is 21.6 Å². The average molecular weight is 814 g/mol. The number of amides is 2. The molecule has 1 saturated heterocycles. The normalized spacial score (nSPS) is 17.9. The fraction of sp³-hybridized carbons (Fsp3) is 0.475. The SMILES string of the molecule is CC(C)(C)OC(=O)N1CC(CCC(Nc2cccc(SNC(=O)c3ccc(-n4ccc(OCCC5(C(F)(F)F)CC5)n4)nc3Cl)n2)c2ccccc2)CC1(C)C. The van der Waals surface area contributed by atoms with Gasteiger partial charge in [0.2, 0.25) is 5.88 Å². The molecule has 0 radical (unpaired) electrons. The summed E-state index contributed by atoms with van der Waals surface area (Å²) in [4.78, 5) is 37.0. The Balaban J connectivity index is 1.03. The van der Waals surface area contributed by atoms with Crippen molar-refractivity contribution in [2.45, 2.75) is 102 Å². The summed E-state index contributed by atoms with van der Waals surface area (Å²) >= 11 is 7.45. The smallest absolute Gasteiger partial charge is 0.410 e. The van der Waals surface area contributed by atoms with Crippen molar-refractivity contribution in [1.29, 1.82) is 0 Å². The summed E-state index contributed by atoms with van der Waals surface area (Å²) in [5.74, 6) is 0.913. The lowest BCUT2D eigenvalue weighted by Crippen LogP contribution is -2.45. The molecule has 0 bridgehead atoms. The third kappa shape index (κ3) is 10.3. The van der Waals surface area contributed by atoms with Crippen LogP contribution in [0.1, 0.15) is 95.1 Å². The Morgan fingerprint density at radius 2 is 1.77 bits per heavy atom. The van der Waals surface area contributed by atoms with Crippen molar-refractivity contribution in [2.75, 3.05) is 18.5 Å². The monoisotopic (exact) mass is 813 g/mol. The van der Waals surface area contributed by atoms with E-state index >= 15 is 0 Å². The maximum absolute atomic E-state index is 13.2. The molecule has 11 nitrogen and oxygen atoms in total. The van der Waals surface area contributed by atoms with E-state index in [1.807, 2.05) is 56.0 Å². The van der Waals surface area contributed by atoms with E-state index in [0.717, 1.165) is 36.8 Å². The number of anilines is 1. The van der Waals surface area contributed by atoms with Gasteiger partial charge in [-0.3, -0.25) is 9.52 Å². The molecule has 2 N–H and O–H groups in total. The van der Waals surface area contributed by atoms with Gasteiger partial charge < -0.3 is 19.7 Å². The molecule has 0 spiro atoms. The van der Waals surface area contributed by atoms with Gasteiger partial charge in [0.05, 0.1) is 23.6 Å². The number of carbonyl (C=O) groups excluding carboxylic acids is 2. The van der Waals surface area contributed by atoms with Crippen LogP contribution in [0.3, 0.4) is 0 Å². The number of rotatable bonds is 14. The zero-order valence-electron chi connectivity index (χ0n) is 32.0. The molecule has 1 aromatic carbocycles. The topological polar surface area (TPSA) is 124 Å². The highest BCUT2D eigenvalue weighted by molar-refractivity contribution is 7.97. The van der Waals surface area contributed by atoms with Gasteiger partial charge in [-0.25, -0.2) is 19.4 Å². The van der Waals surface area contributed by atoms with E-state index in [-0.39, 0.29) is 60.1 Å². The number of carbonyl (C=O) groups is 2. The van der Waals surface area contributed by atoms with Crippen molar-refractivity contribution in [3.8, 4) is 11.7 Å². The average Bonchev–Trinajstić information content (AvgIpc) is 3.68. The largest absolute Gasteiger partial charge is 0.477 e. The summed E-state index contributed by atoms with van der Waals surface area (Å²) in [7, 11) is 0. The number of benzene rings is 1. The zero-order valence-corrected chi connectivity index (χ0v) is 33.6. The Labute approximate surface area is 334 Å². The first kappa shape index (κ1) is 41.1. The summed E-state index contributed by atoms with van der Waals surface area (Å²) in [6.45, 7) is 10.3. The molecule has 1 aliphatic carbocycles. The first-order valence-electron chi connectivity index (χ1n) is 18.6. The summed E-state index contributed by atoms with van der Waals surface area (Å²) in [5.41, 5.74) is -1.28. The fourth-order valence-corrected chi connectivity index (χ4v) is 7.76. The Bertz CT molecular complexity index is 2000. The summed E-state index contributed by atoms with van der Waals surface area (Å²) in [6, 6.07) is 20.2. The number of likely N-dealkylation sites (tertiary alicyclic amines) is 1. The van der Waals surface area contributed by atoms with Gasteiger partial charge in [0.25, 0.3) is 5.91 Å². The molecule has 1 aliphatic heterocycles. The van der Waals surface area contributed by atoms with Crippen LogP contribution in [0.5, 0.6) is 5.88 Å². The van der Waals surface area contributed by atoms with Gasteiger partial charge in [0, 0.05) is 36.3 Å². The van der Waals surface area contributed by atoms with Crippen LogP contribution < -0.4 is 14.8 Å². The number of halogens is 4. The number of pyridine rings is 2. The third-order valence-corrected chi connectivity index (χ3v) is 11.1. The van der Waals surface area contributed by atoms with Crippen molar-refractivity contribution >= 4 is 41.4 Å². The van der Waals surface area contributed by atoms with Crippen molar-refractivity contribution in [3.63, 3.8) is 0 Å². The lowest BCUT2D eigenvalue weighted by Gasteiger charge is -2.33. The Kier molecular flexibility index (Phi) is 12.1. The van der Waals surface area contributed by atoms with Gasteiger partial charge >= 0.3 is 12.3 Å². The second-order valence-electron chi connectivity index (χ2n) is 16.0. The number of hydrogen-bond acceptors (Lipinski definition) is 9. The van der Waals surface area contributed by atoms with Gasteiger partial charge in [0.15, 0.2) is 5.82 Å². The molecular formula is C40H47ClF3N7O4S. The number of ether oxygens (including phenoxy) is 2. The van der Waals surface area contributed by atoms with E-state index in [1.165, 1.54) is 16.8 Å². The van der Waals surface area contributed by atoms with Crippen LogP contribution in [-0.4, -0.2) is 67.1 Å². The molecule has 2 amide bonds. The van der Waals surface area contributed by atoms with Crippen LogP contribution >= 0.6 is 23.5 Å². The fourth-order valence-electron chi connectivity index (χ4n) is 6.92. The number of nitrogens with one attached hydrogen (secondary N) is 2. The summed E-state index contributed by atoms with van der Waals surface area (Å²) < 4.78 is 55.0. The first-order chi connectivity index (χ1) is 26.4. The summed E-state index contributed by atoms with van der Waals surface area (Å²) in [6.07, 6.45) is -0.310. The number of aromatic nitrogens is 4. The Morgan fingerprint density at radius 1 is 1.02 bits per heavy atom. The van der Waals surface area contributed by atoms with E-state index in [2.05, 4.69) is 46.1 Å². The highest BCUT2D eigenvalue weighted by Crippen LogP contribution is 2.59. The minimum absolute atomic E-state index is 0.0534. The van der Waals surface area contributed by atoms with Crippen LogP contribution in [0.25, 0.3) is 5.82 Å². The van der Waals surface area contributed by atoms with E-state index in [9.17, 15) is 22.8 Å². The van der Waals surface area contributed by atoms with Crippen LogP contribution in [0.4, 0.5) is 23.8 Å². The quantitative estimate of drug-likeness (QED) is 0.0946. The number of hydrogen-bond donors (Lipinski definition) is 2. The van der Waals surface area contributed by atoms with Crippen molar-refractivity contribution in [1.82, 2.24) is 29.4 Å². The molecule has 6 rings (SSSR count). The second kappa shape index (κ2) is 16.5. The predicted molar refractivity (Wildman–Crippen MR) is 209 cm³/mol. The minimum atomic E-state index is -4.24. The molecule has 3 aromatic heterocycles. The number of nitrogens with zero attached hydrogens (tertiary/aromatic N) is 5. The molecule has 2 unspecified atom stereocenters. The lowest BCUT2D eigenvalue weighted by molar-refractivity contribution is -0.190. The maximum Gasteiger partial charge on any atom is 0.410 e. The van der Waals surface area contributed by atoms with Crippen molar-refractivity contribution in [3.05, 3.63) is 89.2 Å². The standard InChI is InChI=1S/C40H47ClF3N7O4S/c1-37(2,3)55-36(53)50-25-26(24-38(50,4)5)14-16-29(27-10-7-6-8-11-27)45-30-12-9-13-33(46-30)56-49-35(52)28-15-17-31(47-34(28)41)51-22-18-32(48-51)54-23-21-39(19-20-39)40(42,43)44/h6-13,15,17-18,22,26,29H,14,16,19-21,23-25H2,1-5H3,(H,45,46)(H,49,52). The molecule has 300 valence electrons. The van der Waals surface area contributed by atoms with Crippen molar-refractivity contribution in [2.24, 2.45) is 11.3 Å². The second-order valence-corrected chi connectivity index (χ2v) is 17.2. The molecule has 56 heavy (non-hydrogen) atoms. The van der Waals surface area contributed by atoms with Gasteiger partial charge in [-0.2, -0.15) is 13.2 Å². The van der Waals surface area contributed by atoms with E-state index < -0.39 is 23.1 Å². The molecule has 4 heterocycles.